The number of alkyl carbamates (subject to hydrolysis) is 1. The van der Waals surface area contributed by atoms with Crippen molar-refractivity contribution < 1.29 is 9.53 Å². The normalized spacial score (nSPS) is 10.5. The molecular formula is C9H13NO2. The Morgan fingerprint density at radius 2 is 2.50 bits per heavy atom. The van der Waals surface area contributed by atoms with Gasteiger partial charge in [-0.3, -0.25) is 0 Å². The van der Waals surface area contributed by atoms with Gasteiger partial charge in [-0.25, -0.2) is 4.79 Å². The van der Waals surface area contributed by atoms with E-state index in [1.807, 2.05) is 6.92 Å². The first-order valence-electron chi connectivity index (χ1n) is 3.64. The second-order valence-electron chi connectivity index (χ2n) is 2.27. The fraction of sp³-hybridized carbons (Fsp3) is 0.444. The predicted molar refractivity (Wildman–Crippen MR) is 47.6 cm³/mol. The molecule has 0 aliphatic carbocycles. The van der Waals surface area contributed by atoms with Crippen molar-refractivity contribution in [2.75, 3.05) is 7.11 Å². The number of methoxy groups -OCH3 is 1. The molecule has 0 aromatic rings. The largest absolute Gasteiger partial charge is 0.453 e. The third kappa shape index (κ3) is 5.36. The molecule has 12 heavy (non-hydrogen) atoms. The van der Waals surface area contributed by atoms with Crippen LogP contribution in [0.3, 0.4) is 0 Å². The summed E-state index contributed by atoms with van der Waals surface area (Å²) in [6.45, 7) is 5.30. The monoisotopic (exact) mass is 167 g/mol. The minimum Gasteiger partial charge on any atom is -0.453 e. The molecule has 3 heteroatoms. The van der Waals surface area contributed by atoms with Gasteiger partial charge in [0.15, 0.2) is 0 Å². The molecule has 0 saturated heterocycles. The second-order valence-corrected chi connectivity index (χ2v) is 2.27. The molecule has 0 saturated carbocycles. The van der Waals surface area contributed by atoms with Crippen LogP contribution in [0, 0.1) is 11.8 Å². The van der Waals surface area contributed by atoms with Crippen LogP contribution in [0.5, 0.6) is 0 Å². The average molecular weight is 167 g/mol. The van der Waals surface area contributed by atoms with Crippen LogP contribution in [0.1, 0.15) is 13.3 Å². The minimum absolute atomic E-state index is 0.00454. The Balaban J connectivity index is 3.66. The molecule has 0 aliphatic rings. The molecule has 3 nitrogen and oxygen atoms in total. The van der Waals surface area contributed by atoms with Gasteiger partial charge in [0.05, 0.1) is 7.11 Å². The van der Waals surface area contributed by atoms with Crippen molar-refractivity contribution in [2.24, 2.45) is 0 Å². The highest BCUT2D eigenvalue weighted by Gasteiger charge is 2.03. The highest BCUT2D eigenvalue weighted by molar-refractivity contribution is 5.67. The molecule has 0 heterocycles. The van der Waals surface area contributed by atoms with Gasteiger partial charge in [0.1, 0.15) is 0 Å². The maximum absolute atomic E-state index is 10.7. The molecule has 0 fully saturated rings. The van der Waals surface area contributed by atoms with Gasteiger partial charge in [0.25, 0.3) is 0 Å². The van der Waals surface area contributed by atoms with Crippen molar-refractivity contribution in [2.45, 2.75) is 19.4 Å². The van der Waals surface area contributed by atoms with Crippen molar-refractivity contribution >= 4 is 6.09 Å². The quantitative estimate of drug-likeness (QED) is 0.630. The summed E-state index contributed by atoms with van der Waals surface area (Å²) in [6.07, 6.45) is 1.69. The lowest BCUT2D eigenvalue weighted by atomic mass is 10.2. The van der Waals surface area contributed by atoms with Crippen LogP contribution in [0.4, 0.5) is 4.79 Å². The van der Waals surface area contributed by atoms with Gasteiger partial charge in [-0.1, -0.05) is 18.4 Å². The summed E-state index contributed by atoms with van der Waals surface area (Å²) in [5, 5.41) is 2.59. The number of rotatable bonds is 2. The molecule has 0 spiro atoms. The molecule has 1 unspecified atom stereocenters. The third-order valence-corrected chi connectivity index (χ3v) is 1.16. The van der Waals surface area contributed by atoms with E-state index in [9.17, 15) is 4.79 Å². The topological polar surface area (TPSA) is 38.3 Å². The highest BCUT2D eigenvalue weighted by Crippen LogP contribution is 1.88. The smallest absolute Gasteiger partial charge is 0.407 e. The maximum atomic E-state index is 10.7. The van der Waals surface area contributed by atoms with Crippen molar-refractivity contribution in [1.29, 1.82) is 0 Å². The Morgan fingerprint density at radius 1 is 1.83 bits per heavy atom. The maximum Gasteiger partial charge on any atom is 0.407 e. The summed E-state index contributed by atoms with van der Waals surface area (Å²) in [6, 6.07) is 0.00454. The summed E-state index contributed by atoms with van der Waals surface area (Å²) in [5.41, 5.74) is 0. The van der Waals surface area contributed by atoms with Crippen molar-refractivity contribution in [3.05, 3.63) is 12.7 Å². The highest BCUT2D eigenvalue weighted by atomic mass is 16.5. The van der Waals surface area contributed by atoms with Crippen LogP contribution in [0.15, 0.2) is 12.7 Å². The molecule has 1 amide bonds. The Morgan fingerprint density at radius 3 is 3.00 bits per heavy atom. The van der Waals surface area contributed by atoms with Gasteiger partial charge in [0.2, 0.25) is 0 Å². The standard InChI is InChI=1S/C9H13NO2/c1-4-5-6-7-8(2)10-9(11)12-3/h4,8H,1,7H2,2-3H3,(H,10,11). The van der Waals surface area contributed by atoms with Gasteiger partial charge in [-0.15, -0.1) is 0 Å². The molecule has 1 N–H and O–H groups in total. The zero-order chi connectivity index (χ0) is 9.40. The summed E-state index contributed by atoms with van der Waals surface area (Å²) in [5.74, 6) is 5.52. The van der Waals surface area contributed by atoms with Crippen LogP contribution in [-0.2, 0) is 4.74 Å². The van der Waals surface area contributed by atoms with Crippen LogP contribution >= 0.6 is 0 Å². The summed E-state index contributed by atoms with van der Waals surface area (Å²) < 4.78 is 4.41. The van der Waals surface area contributed by atoms with Gasteiger partial charge >= 0.3 is 6.09 Å². The van der Waals surface area contributed by atoms with Crippen LogP contribution in [0.25, 0.3) is 0 Å². The summed E-state index contributed by atoms with van der Waals surface area (Å²) >= 11 is 0. The van der Waals surface area contributed by atoms with Crippen LogP contribution in [0.2, 0.25) is 0 Å². The fourth-order valence-electron chi connectivity index (χ4n) is 0.595. The van der Waals surface area contributed by atoms with Crippen molar-refractivity contribution in [3.63, 3.8) is 0 Å². The summed E-state index contributed by atoms with van der Waals surface area (Å²) in [7, 11) is 1.33. The summed E-state index contributed by atoms with van der Waals surface area (Å²) in [4.78, 5) is 10.7. The average Bonchev–Trinajstić information content (AvgIpc) is 2.05. The van der Waals surface area contributed by atoms with E-state index >= 15 is 0 Å². The SMILES string of the molecule is C=CC#CCC(C)NC(=O)OC. The Hall–Kier alpha value is -1.43. The first-order chi connectivity index (χ1) is 5.70. The predicted octanol–water partition coefficient (Wildman–Crippen LogP) is 1.31. The molecule has 0 rings (SSSR count). The number of allylic oxidation sites excluding steroid dienone is 1. The van der Waals surface area contributed by atoms with E-state index in [1.165, 1.54) is 13.2 Å². The van der Waals surface area contributed by atoms with E-state index in [4.69, 9.17) is 0 Å². The lowest BCUT2D eigenvalue weighted by Crippen LogP contribution is -2.31. The number of carbonyl (C=O) groups is 1. The Labute approximate surface area is 72.8 Å². The Bertz CT molecular complexity index is 212. The number of nitrogens with one attached hydrogen (secondary N) is 1. The lowest BCUT2D eigenvalue weighted by Gasteiger charge is -2.08. The molecule has 0 bridgehead atoms. The van der Waals surface area contributed by atoms with Gasteiger partial charge in [-0.2, -0.15) is 0 Å². The zero-order valence-electron chi connectivity index (χ0n) is 7.39. The molecule has 1 atom stereocenters. The number of hydrogen-bond acceptors (Lipinski definition) is 2. The molecule has 66 valence electrons. The van der Waals surface area contributed by atoms with E-state index in [2.05, 4.69) is 28.5 Å². The first-order valence-corrected chi connectivity index (χ1v) is 3.64. The van der Waals surface area contributed by atoms with Gasteiger partial charge in [-0.05, 0) is 13.0 Å². The minimum atomic E-state index is -0.428. The molecule has 0 radical (unpaired) electrons. The van der Waals surface area contributed by atoms with Gasteiger partial charge in [0, 0.05) is 12.5 Å². The molecule has 0 aromatic carbocycles. The fourth-order valence-corrected chi connectivity index (χ4v) is 0.595. The van der Waals surface area contributed by atoms with E-state index in [0.29, 0.717) is 6.42 Å². The van der Waals surface area contributed by atoms with Crippen molar-refractivity contribution in [3.8, 4) is 11.8 Å². The van der Waals surface area contributed by atoms with E-state index in [-0.39, 0.29) is 6.04 Å². The second kappa shape index (κ2) is 6.29. The third-order valence-electron chi connectivity index (χ3n) is 1.16. The molecule has 0 aromatic heterocycles. The molecule has 0 aliphatic heterocycles. The zero-order valence-corrected chi connectivity index (χ0v) is 7.39. The lowest BCUT2D eigenvalue weighted by molar-refractivity contribution is 0.167. The van der Waals surface area contributed by atoms with Crippen LogP contribution in [-0.4, -0.2) is 19.2 Å². The van der Waals surface area contributed by atoms with E-state index in [0.717, 1.165) is 0 Å². The number of hydrogen-bond donors (Lipinski definition) is 1. The first kappa shape index (κ1) is 10.6. The van der Waals surface area contributed by atoms with E-state index in [1.54, 1.807) is 0 Å². The Kier molecular flexibility index (Phi) is 5.54. The van der Waals surface area contributed by atoms with Crippen molar-refractivity contribution in [1.82, 2.24) is 5.32 Å². The molecular weight excluding hydrogens is 154 g/mol. The van der Waals surface area contributed by atoms with E-state index < -0.39 is 6.09 Å². The number of ether oxygens (including phenoxy) is 1. The number of carbonyl (C=O) groups excluding carboxylic acids is 1. The van der Waals surface area contributed by atoms with Crippen LogP contribution < -0.4 is 5.32 Å². The number of amides is 1. The van der Waals surface area contributed by atoms with Gasteiger partial charge < -0.3 is 10.1 Å².